The van der Waals surface area contributed by atoms with Crippen molar-refractivity contribution in [3.05, 3.63) is 89.2 Å². The molecule has 5 nitrogen and oxygen atoms in total. The number of aromatic nitrogens is 3. The standard InChI is InChI=1S/C14H8O2.C3H3N3/c15-13-9-5-1-2-6-10(9)14(16)12-8-4-3-7-11(12)13;1-2-4-6-5-3-1/h1-8H;1-3H. The third-order valence-electron chi connectivity index (χ3n) is 3.24. The van der Waals surface area contributed by atoms with E-state index in [1.165, 1.54) is 0 Å². The van der Waals surface area contributed by atoms with Gasteiger partial charge >= 0.3 is 0 Å². The summed E-state index contributed by atoms with van der Waals surface area (Å²) in [4.78, 5) is 24.2. The van der Waals surface area contributed by atoms with E-state index in [0.29, 0.717) is 22.3 Å². The highest BCUT2D eigenvalue weighted by molar-refractivity contribution is 6.28. The van der Waals surface area contributed by atoms with Gasteiger partial charge in [-0.15, -0.1) is 10.2 Å². The van der Waals surface area contributed by atoms with Gasteiger partial charge in [-0.2, -0.15) is 0 Å². The number of hydrogen-bond acceptors (Lipinski definition) is 5. The third-order valence-corrected chi connectivity index (χ3v) is 3.24. The van der Waals surface area contributed by atoms with Crippen LogP contribution in [0.25, 0.3) is 0 Å². The Morgan fingerprint density at radius 2 is 0.909 bits per heavy atom. The molecule has 106 valence electrons. The second-order valence-electron chi connectivity index (χ2n) is 4.56. The summed E-state index contributed by atoms with van der Waals surface area (Å²) in [5.74, 6) is -0.128. The third kappa shape index (κ3) is 2.52. The Balaban J connectivity index is 0.000000202. The molecule has 0 amide bonds. The van der Waals surface area contributed by atoms with Gasteiger partial charge in [-0.25, -0.2) is 0 Å². The van der Waals surface area contributed by atoms with Crippen LogP contribution in [0.4, 0.5) is 0 Å². The van der Waals surface area contributed by atoms with Crippen LogP contribution in [0.1, 0.15) is 31.8 Å². The molecular formula is C17H11N3O2. The minimum Gasteiger partial charge on any atom is -0.289 e. The molecule has 0 atom stereocenters. The van der Waals surface area contributed by atoms with Crippen LogP contribution in [-0.2, 0) is 0 Å². The Kier molecular flexibility index (Phi) is 3.78. The number of rotatable bonds is 0. The van der Waals surface area contributed by atoms with Crippen LogP contribution < -0.4 is 0 Å². The summed E-state index contributed by atoms with van der Waals surface area (Å²) in [5, 5.41) is 10.1. The first-order chi connectivity index (χ1) is 10.8. The van der Waals surface area contributed by atoms with E-state index in [1.807, 2.05) is 0 Å². The Bertz CT molecular complexity index is 700. The Hall–Kier alpha value is -3.21. The zero-order chi connectivity index (χ0) is 15.4. The van der Waals surface area contributed by atoms with Gasteiger partial charge in [0.2, 0.25) is 0 Å². The summed E-state index contributed by atoms with van der Waals surface area (Å²) in [7, 11) is 0. The summed E-state index contributed by atoms with van der Waals surface area (Å²) in [5.41, 5.74) is 2.02. The summed E-state index contributed by atoms with van der Waals surface area (Å²) in [6.07, 6.45) is 3.15. The second-order valence-corrected chi connectivity index (χ2v) is 4.56. The molecule has 0 unspecified atom stereocenters. The highest BCUT2D eigenvalue weighted by atomic mass is 16.1. The Labute approximate surface area is 126 Å². The normalized spacial score (nSPS) is 11.8. The minimum absolute atomic E-state index is 0.0641. The molecule has 5 heteroatoms. The number of carbonyl (C=O) groups is 2. The second kappa shape index (κ2) is 6.05. The maximum Gasteiger partial charge on any atom is 0.194 e. The molecular weight excluding hydrogens is 278 g/mol. The maximum atomic E-state index is 12.1. The summed E-state index contributed by atoms with van der Waals surface area (Å²) >= 11 is 0. The smallest absolute Gasteiger partial charge is 0.194 e. The van der Waals surface area contributed by atoms with Gasteiger partial charge < -0.3 is 0 Å². The monoisotopic (exact) mass is 289 g/mol. The number of nitrogens with zero attached hydrogens (tertiary/aromatic N) is 3. The van der Waals surface area contributed by atoms with E-state index in [2.05, 4.69) is 15.4 Å². The van der Waals surface area contributed by atoms with Crippen LogP contribution >= 0.6 is 0 Å². The van der Waals surface area contributed by atoms with Gasteiger partial charge in [0.05, 0.1) is 12.4 Å². The van der Waals surface area contributed by atoms with Gasteiger partial charge in [0.15, 0.2) is 11.6 Å². The van der Waals surface area contributed by atoms with Crippen LogP contribution in [0.15, 0.2) is 67.0 Å². The van der Waals surface area contributed by atoms with Crippen molar-refractivity contribution in [2.75, 3.05) is 0 Å². The van der Waals surface area contributed by atoms with Crippen molar-refractivity contribution in [3.63, 3.8) is 0 Å². The van der Waals surface area contributed by atoms with Crippen molar-refractivity contribution in [1.29, 1.82) is 0 Å². The maximum absolute atomic E-state index is 12.1. The molecule has 0 saturated carbocycles. The molecule has 0 spiro atoms. The summed E-state index contributed by atoms with van der Waals surface area (Å²) in [6, 6.07) is 15.6. The van der Waals surface area contributed by atoms with Crippen LogP contribution in [0.5, 0.6) is 0 Å². The van der Waals surface area contributed by atoms with Crippen LogP contribution in [0.3, 0.4) is 0 Å². The highest BCUT2D eigenvalue weighted by Gasteiger charge is 2.28. The van der Waals surface area contributed by atoms with E-state index < -0.39 is 0 Å². The first kappa shape index (κ1) is 13.8. The number of carbonyl (C=O) groups excluding carboxylic acids is 2. The van der Waals surface area contributed by atoms with Crippen LogP contribution in [0, 0.1) is 0 Å². The number of ketones is 2. The van der Waals surface area contributed by atoms with Crippen molar-refractivity contribution < 1.29 is 9.59 Å². The van der Waals surface area contributed by atoms with E-state index in [0.717, 1.165) is 0 Å². The van der Waals surface area contributed by atoms with Crippen molar-refractivity contribution in [2.45, 2.75) is 0 Å². The van der Waals surface area contributed by atoms with E-state index >= 15 is 0 Å². The fraction of sp³-hybridized carbons (Fsp3) is 0. The van der Waals surface area contributed by atoms with Crippen LogP contribution in [-0.4, -0.2) is 27.0 Å². The molecule has 0 aliphatic heterocycles. The molecule has 0 N–H and O–H groups in total. The van der Waals surface area contributed by atoms with E-state index in [1.54, 1.807) is 67.0 Å². The van der Waals surface area contributed by atoms with Gasteiger partial charge in [-0.3, -0.25) is 9.59 Å². The molecule has 0 saturated heterocycles. The molecule has 1 aliphatic rings. The topological polar surface area (TPSA) is 72.8 Å². The van der Waals surface area contributed by atoms with Crippen LogP contribution in [0.2, 0.25) is 0 Å². The molecule has 3 aromatic rings. The van der Waals surface area contributed by atoms with Crippen molar-refractivity contribution in [3.8, 4) is 0 Å². The number of fused-ring (bicyclic) bond motifs is 2. The number of hydrogen-bond donors (Lipinski definition) is 0. The molecule has 0 bridgehead atoms. The zero-order valence-corrected chi connectivity index (χ0v) is 11.5. The average Bonchev–Trinajstić information content (AvgIpc) is 2.62. The average molecular weight is 289 g/mol. The highest BCUT2D eigenvalue weighted by Crippen LogP contribution is 2.26. The zero-order valence-electron chi connectivity index (χ0n) is 11.5. The predicted octanol–water partition coefficient (Wildman–Crippen LogP) is 2.33. The molecule has 0 fully saturated rings. The number of benzene rings is 2. The summed E-state index contributed by atoms with van der Waals surface area (Å²) in [6.45, 7) is 0. The Morgan fingerprint density at radius 1 is 0.545 bits per heavy atom. The quantitative estimate of drug-likeness (QED) is 0.497. The predicted molar refractivity (Wildman–Crippen MR) is 79.6 cm³/mol. The SMILES string of the molecule is O=C1c2ccccc2C(=O)c2ccccc21.c1cnnnc1. The lowest BCUT2D eigenvalue weighted by molar-refractivity contribution is 0.0979. The lowest BCUT2D eigenvalue weighted by Crippen LogP contribution is -2.20. The fourth-order valence-corrected chi connectivity index (χ4v) is 2.25. The summed E-state index contributed by atoms with van der Waals surface area (Å²) < 4.78 is 0. The van der Waals surface area contributed by atoms with E-state index in [4.69, 9.17) is 0 Å². The van der Waals surface area contributed by atoms with Gasteiger partial charge in [-0.05, 0) is 11.3 Å². The first-order valence-electron chi connectivity index (χ1n) is 6.65. The molecule has 1 aromatic heterocycles. The largest absolute Gasteiger partial charge is 0.289 e. The molecule has 1 aliphatic carbocycles. The van der Waals surface area contributed by atoms with E-state index in [9.17, 15) is 9.59 Å². The first-order valence-corrected chi connectivity index (χ1v) is 6.65. The van der Waals surface area contributed by atoms with Gasteiger partial charge in [0.1, 0.15) is 0 Å². The Morgan fingerprint density at radius 3 is 1.14 bits per heavy atom. The van der Waals surface area contributed by atoms with E-state index in [-0.39, 0.29) is 11.6 Å². The fourth-order valence-electron chi connectivity index (χ4n) is 2.25. The lowest BCUT2D eigenvalue weighted by atomic mass is 9.84. The van der Waals surface area contributed by atoms with Crippen molar-refractivity contribution >= 4 is 11.6 Å². The van der Waals surface area contributed by atoms with Gasteiger partial charge in [0.25, 0.3) is 0 Å². The minimum atomic E-state index is -0.0641. The van der Waals surface area contributed by atoms with Gasteiger partial charge in [0, 0.05) is 22.3 Å². The van der Waals surface area contributed by atoms with Crippen molar-refractivity contribution in [2.24, 2.45) is 0 Å². The molecule has 1 heterocycles. The lowest BCUT2D eigenvalue weighted by Gasteiger charge is -2.16. The molecule has 4 rings (SSSR count). The van der Waals surface area contributed by atoms with Crippen molar-refractivity contribution in [1.82, 2.24) is 15.4 Å². The molecule has 22 heavy (non-hydrogen) atoms. The molecule has 0 radical (unpaired) electrons. The van der Waals surface area contributed by atoms with Gasteiger partial charge in [-0.1, -0.05) is 48.5 Å². The molecule has 2 aromatic carbocycles.